The van der Waals surface area contributed by atoms with E-state index in [0.717, 1.165) is 16.8 Å². The topological polar surface area (TPSA) is 80.7 Å². The van der Waals surface area contributed by atoms with Gasteiger partial charge in [0.2, 0.25) is 11.1 Å². The van der Waals surface area contributed by atoms with Gasteiger partial charge in [0, 0.05) is 17.3 Å². The molecule has 1 N–H and O–H groups in total. The second-order valence-electron chi connectivity index (χ2n) is 6.20. The van der Waals surface area contributed by atoms with E-state index in [9.17, 15) is 4.79 Å². The molecule has 0 saturated heterocycles. The van der Waals surface area contributed by atoms with E-state index in [0.29, 0.717) is 16.5 Å². The number of aromatic nitrogens is 4. The number of anilines is 1. The lowest BCUT2D eigenvalue weighted by atomic mass is 10.0. The summed E-state index contributed by atoms with van der Waals surface area (Å²) in [6, 6.07) is 23.0. The van der Waals surface area contributed by atoms with Gasteiger partial charge in [0.25, 0.3) is 0 Å². The Hall–Kier alpha value is -3.29. The highest BCUT2D eigenvalue weighted by molar-refractivity contribution is 7.99. The van der Waals surface area contributed by atoms with Gasteiger partial charge in [-0.25, -0.2) is 9.97 Å². The maximum Gasteiger partial charge on any atom is 0.234 e. The first-order valence-corrected chi connectivity index (χ1v) is 10.5. The van der Waals surface area contributed by atoms with Gasteiger partial charge in [0.1, 0.15) is 11.4 Å². The number of rotatable bonds is 6. The monoisotopic (exact) mass is 433 g/mol. The van der Waals surface area contributed by atoms with E-state index in [-0.39, 0.29) is 16.8 Å². The molecule has 0 aliphatic heterocycles. The Labute approximate surface area is 182 Å². The third-order valence-corrected chi connectivity index (χ3v) is 5.27. The van der Waals surface area contributed by atoms with Crippen molar-refractivity contribution in [2.24, 2.45) is 0 Å². The van der Waals surface area contributed by atoms with Crippen LogP contribution in [0.25, 0.3) is 22.5 Å². The zero-order valence-electron chi connectivity index (χ0n) is 15.7. The molecule has 0 spiro atoms. The fraction of sp³-hybridized carbons (Fsp3) is 0.0455. The van der Waals surface area contributed by atoms with Crippen LogP contribution < -0.4 is 5.32 Å². The number of nitrogens with zero attached hydrogens (tertiary/aromatic N) is 4. The van der Waals surface area contributed by atoms with Crippen molar-refractivity contribution in [3.63, 3.8) is 0 Å². The van der Waals surface area contributed by atoms with Crippen molar-refractivity contribution in [1.82, 2.24) is 20.2 Å². The van der Waals surface area contributed by atoms with E-state index in [4.69, 9.17) is 11.6 Å². The molecule has 2 heterocycles. The minimum Gasteiger partial charge on any atom is -0.323 e. The van der Waals surface area contributed by atoms with E-state index in [1.165, 1.54) is 11.8 Å². The molecule has 30 heavy (non-hydrogen) atoms. The summed E-state index contributed by atoms with van der Waals surface area (Å²) in [6.45, 7) is 0. The normalized spacial score (nSPS) is 10.6. The molecule has 0 fully saturated rings. The molecule has 0 aliphatic carbocycles. The van der Waals surface area contributed by atoms with Crippen LogP contribution in [0.5, 0.6) is 0 Å². The number of hydrogen-bond acceptors (Lipinski definition) is 6. The Kier molecular flexibility index (Phi) is 6.32. The van der Waals surface area contributed by atoms with Crippen molar-refractivity contribution in [2.75, 3.05) is 11.1 Å². The SMILES string of the molecule is O=C(CSc1nnc(-c2ccccc2)c(-c2ccccc2)n1)Nc1cccnc1Cl. The highest BCUT2D eigenvalue weighted by Crippen LogP contribution is 2.29. The summed E-state index contributed by atoms with van der Waals surface area (Å²) in [7, 11) is 0. The Balaban J connectivity index is 1.56. The molecule has 148 valence electrons. The third kappa shape index (κ3) is 4.82. The number of hydrogen-bond donors (Lipinski definition) is 1. The number of halogens is 1. The summed E-state index contributed by atoms with van der Waals surface area (Å²) >= 11 is 7.19. The molecular weight excluding hydrogens is 418 g/mol. The molecule has 8 heteroatoms. The fourth-order valence-corrected chi connectivity index (χ4v) is 3.51. The molecule has 1 amide bonds. The molecule has 6 nitrogen and oxygen atoms in total. The van der Waals surface area contributed by atoms with Gasteiger partial charge in [-0.1, -0.05) is 84.0 Å². The number of carbonyl (C=O) groups excluding carboxylic acids is 1. The molecule has 0 saturated carbocycles. The van der Waals surface area contributed by atoms with Crippen LogP contribution in [0.15, 0.2) is 84.1 Å². The maximum absolute atomic E-state index is 12.3. The van der Waals surface area contributed by atoms with Gasteiger partial charge < -0.3 is 5.32 Å². The summed E-state index contributed by atoms with van der Waals surface area (Å²) in [4.78, 5) is 20.9. The van der Waals surface area contributed by atoms with Gasteiger partial charge in [-0.05, 0) is 12.1 Å². The molecule has 0 bridgehead atoms. The summed E-state index contributed by atoms with van der Waals surface area (Å²) in [5.41, 5.74) is 3.73. The van der Waals surface area contributed by atoms with E-state index < -0.39 is 0 Å². The van der Waals surface area contributed by atoms with Gasteiger partial charge in [-0.2, -0.15) is 0 Å². The van der Waals surface area contributed by atoms with Crippen molar-refractivity contribution in [1.29, 1.82) is 0 Å². The lowest BCUT2D eigenvalue weighted by molar-refractivity contribution is -0.113. The van der Waals surface area contributed by atoms with Crippen LogP contribution in [0.1, 0.15) is 0 Å². The second kappa shape index (κ2) is 9.47. The zero-order chi connectivity index (χ0) is 20.8. The summed E-state index contributed by atoms with van der Waals surface area (Å²) in [6.07, 6.45) is 1.56. The predicted octanol–water partition coefficient (Wildman–Crippen LogP) is 4.98. The standard InChI is InChI=1S/C22H16ClN5OS/c23-21-17(12-7-13-24-21)25-18(29)14-30-22-26-19(15-8-3-1-4-9-15)20(27-28-22)16-10-5-2-6-11-16/h1-13H,14H2,(H,25,29). The van der Waals surface area contributed by atoms with E-state index in [2.05, 4.69) is 25.5 Å². The fourth-order valence-electron chi connectivity index (χ4n) is 2.76. The van der Waals surface area contributed by atoms with Crippen LogP contribution in [0.4, 0.5) is 5.69 Å². The minimum absolute atomic E-state index is 0.117. The van der Waals surface area contributed by atoms with E-state index in [1.54, 1.807) is 18.3 Å². The van der Waals surface area contributed by atoms with Crippen molar-refractivity contribution >= 4 is 35.0 Å². The summed E-state index contributed by atoms with van der Waals surface area (Å²) in [5.74, 6) is -0.113. The van der Waals surface area contributed by atoms with E-state index in [1.807, 2.05) is 60.7 Å². The van der Waals surface area contributed by atoms with Crippen LogP contribution in [0.3, 0.4) is 0 Å². The number of thioether (sulfide) groups is 1. The predicted molar refractivity (Wildman–Crippen MR) is 119 cm³/mol. The number of benzene rings is 2. The largest absolute Gasteiger partial charge is 0.323 e. The Morgan fingerprint density at radius 2 is 1.53 bits per heavy atom. The van der Waals surface area contributed by atoms with E-state index >= 15 is 0 Å². The lowest BCUT2D eigenvalue weighted by Crippen LogP contribution is -2.15. The van der Waals surface area contributed by atoms with Crippen LogP contribution in [0, 0.1) is 0 Å². The van der Waals surface area contributed by atoms with Gasteiger partial charge in [-0.3, -0.25) is 4.79 Å². The average Bonchev–Trinajstić information content (AvgIpc) is 2.80. The first-order chi connectivity index (χ1) is 14.7. The minimum atomic E-state index is -0.230. The molecule has 2 aromatic carbocycles. The molecule has 0 atom stereocenters. The van der Waals surface area contributed by atoms with Crippen LogP contribution in [0.2, 0.25) is 5.15 Å². The molecule has 0 unspecified atom stereocenters. The molecule has 4 rings (SSSR count). The van der Waals surface area contributed by atoms with Gasteiger partial charge >= 0.3 is 0 Å². The van der Waals surface area contributed by atoms with Crippen LogP contribution >= 0.6 is 23.4 Å². The van der Waals surface area contributed by atoms with Crippen LogP contribution in [-0.2, 0) is 4.79 Å². The summed E-state index contributed by atoms with van der Waals surface area (Å²) in [5, 5.41) is 12.0. The number of carbonyl (C=O) groups is 1. The Morgan fingerprint density at radius 3 is 2.20 bits per heavy atom. The molecule has 0 radical (unpaired) electrons. The van der Waals surface area contributed by atoms with Crippen molar-refractivity contribution < 1.29 is 4.79 Å². The van der Waals surface area contributed by atoms with Crippen molar-refractivity contribution in [3.8, 4) is 22.5 Å². The Bertz CT molecular complexity index is 1160. The lowest BCUT2D eigenvalue weighted by Gasteiger charge is -2.09. The smallest absolute Gasteiger partial charge is 0.234 e. The molecule has 4 aromatic rings. The second-order valence-corrected chi connectivity index (χ2v) is 7.50. The first-order valence-electron chi connectivity index (χ1n) is 9.09. The van der Waals surface area contributed by atoms with Gasteiger partial charge in [0.15, 0.2) is 5.15 Å². The highest BCUT2D eigenvalue weighted by Gasteiger charge is 2.15. The third-order valence-electron chi connectivity index (χ3n) is 4.13. The molecule has 0 aliphatic rings. The molecule has 2 aromatic heterocycles. The van der Waals surface area contributed by atoms with Gasteiger partial charge in [0.05, 0.1) is 11.4 Å². The zero-order valence-corrected chi connectivity index (χ0v) is 17.3. The summed E-state index contributed by atoms with van der Waals surface area (Å²) < 4.78 is 0. The van der Waals surface area contributed by atoms with Crippen LogP contribution in [-0.4, -0.2) is 31.8 Å². The Morgan fingerprint density at radius 1 is 0.867 bits per heavy atom. The number of nitrogens with one attached hydrogen (secondary N) is 1. The average molecular weight is 434 g/mol. The van der Waals surface area contributed by atoms with Gasteiger partial charge in [-0.15, -0.1) is 10.2 Å². The molecular formula is C22H16ClN5OS. The highest BCUT2D eigenvalue weighted by atomic mass is 35.5. The number of amides is 1. The van der Waals surface area contributed by atoms with Crippen molar-refractivity contribution in [2.45, 2.75) is 5.16 Å². The first kappa shape index (κ1) is 20.0. The number of pyridine rings is 1. The van der Waals surface area contributed by atoms with Crippen molar-refractivity contribution in [3.05, 3.63) is 84.1 Å². The quantitative estimate of drug-likeness (QED) is 0.341. The maximum atomic E-state index is 12.3.